The van der Waals surface area contributed by atoms with Gasteiger partial charge >= 0.3 is 6.09 Å². The van der Waals surface area contributed by atoms with Crippen molar-refractivity contribution in [3.8, 4) is 0 Å². The molecule has 1 aromatic carbocycles. The van der Waals surface area contributed by atoms with Gasteiger partial charge in [-0.15, -0.1) is 0 Å². The molecule has 2 aliphatic heterocycles. The number of aliphatic hydroxyl groups excluding tert-OH is 1. The highest BCUT2D eigenvalue weighted by molar-refractivity contribution is 7.89. The lowest BCUT2D eigenvalue weighted by molar-refractivity contribution is -0.117. The Balaban J connectivity index is 1.19. The van der Waals surface area contributed by atoms with Gasteiger partial charge in [-0.3, -0.25) is 4.79 Å². The van der Waals surface area contributed by atoms with Crippen LogP contribution in [0.3, 0.4) is 0 Å². The average molecular weight is 710 g/mol. The Morgan fingerprint density at radius 1 is 1.08 bits per heavy atom. The number of carbonyl (C=O) groups is 2. The summed E-state index contributed by atoms with van der Waals surface area (Å²) in [4.78, 5) is 36.0. The van der Waals surface area contributed by atoms with Crippen LogP contribution in [0.1, 0.15) is 58.4 Å². The summed E-state index contributed by atoms with van der Waals surface area (Å²) in [6.07, 6.45) is 2.56. The first-order valence-corrected chi connectivity index (χ1v) is 18.0. The molecule has 15 heteroatoms. The summed E-state index contributed by atoms with van der Waals surface area (Å²) < 4.78 is 64.7. The summed E-state index contributed by atoms with van der Waals surface area (Å²) in [6.45, 7) is 6.17. The lowest BCUT2D eigenvalue weighted by atomic mass is 9.77. The van der Waals surface area contributed by atoms with Crippen molar-refractivity contribution >= 4 is 51.3 Å². The summed E-state index contributed by atoms with van der Waals surface area (Å²) in [5, 5.41) is 9.32. The van der Waals surface area contributed by atoms with Gasteiger partial charge in [-0.1, -0.05) is 11.6 Å². The van der Waals surface area contributed by atoms with Crippen LogP contribution in [0.2, 0.25) is 5.15 Å². The lowest BCUT2D eigenvalue weighted by Gasteiger charge is -2.36. The first kappa shape index (κ1) is 36.1. The zero-order valence-corrected chi connectivity index (χ0v) is 28.9. The molecule has 0 spiro atoms. The number of aliphatic imine (C=N–C) groups is 1. The molecule has 11 nitrogen and oxygen atoms in total. The highest BCUT2D eigenvalue weighted by Gasteiger charge is 2.43. The van der Waals surface area contributed by atoms with Crippen LogP contribution < -0.4 is 9.80 Å². The van der Waals surface area contributed by atoms with Crippen LogP contribution in [0.4, 0.5) is 25.1 Å². The van der Waals surface area contributed by atoms with Crippen LogP contribution in [0, 0.1) is 17.8 Å². The number of carbonyl (C=O) groups excluding carboxylic acids is 2. The second kappa shape index (κ2) is 14.3. The van der Waals surface area contributed by atoms with E-state index in [2.05, 4.69) is 9.98 Å². The number of hydrogen-bond acceptors (Lipinski definition) is 8. The number of nitrogens with zero attached hydrogens (tertiary/aromatic N) is 5. The molecule has 1 atom stereocenters. The molecule has 1 saturated carbocycles. The Morgan fingerprint density at radius 2 is 1.73 bits per heavy atom. The Bertz CT molecular complexity index is 1620. The molecule has 3 heterocycles. The fourth-order valence-electron chi connectivity index (χ4n) is 6.42. The molecule has 5 rings (SSSR count). The molecular formula is C33H42ClF2N5O6S. The molecule has 1 unspecified atom stereocenters. The summed E-state index contributed by atoms with van der Waals surface area (Å²) in [6, 6.07) is 8.59. The number of hydrogen-bond donors (Lipinski definition) is 1. The molecule has 1 N–H and O–H groups in total. The van der Waals surface area contributed by atoms with Gasteiger partial charge in [0.15, 0.2) is 0 Å². The van der Waals surface area contributed by atoms with Crippen LogP contribution >= 0.6 is 11.6 Å². The van der Waals surface area contributed by atoms with Gasteiger partial charge in [-0.2, -0.15) is 9.30 Å². The average Bonchev–Trinajstić information content (AvgIpc) is 3.43. The van der Waals surface area contributed by atoms with Crippen molar-refractivity contribution in [1.29, 1.82) is 0 Å². The maximum Gasteiger partial charge on any atom is 0.433 e. The third kappa shape index (κ3) is 8.32. The molecule has 2 aromatic rings. The minimum absolute atomic E-state index is 0.00648. The lowest BCUT2D eigenvalue weighted by Crippen LogP contribution is -2.49. The van der Waals surface area contributed by atoms with Crippen LogP contribution in [0.25, 0.3) is 0 Å². The summed E-state index contributed by atoms with van der Waals surface area (Å²) in [5.41, 5.74) is -0.364. The second-order valence-corrected chi connectivity index (χ2v) is 16.0. The van der Waals surface area contributed by atoms with Crippen LogP contribution in [0.5, 0.6) is 0 Å². The second-order valence-electron chi connectivity index (χ2n) is 13.7. The first-order valence-electron chi connectivity index (χ1n) is 16.2. The molecule has 3 aliphatic rings. The number of piperazine rings is 1. The van der Waals surface area contributed by atoms with Crippen molar-refractivity contribution < 1.29 is 36.6 Å². The molecule has 262 valence electrons. The van der Waals surface area contributed by atoms with Gasteiger partial charge in [0.1, 0.15) is 16.6 Å². The standard InChI is InChI=1S/C33H42ClF2N5O6S/c1-32(2,3)47-31(44)37-19-23-16-30(43)41(20-23)26-8-10-27(11-9-26)48(45,46)40-14-12-39(13-15-40)29-18-25(17-28(34)38-29)33(35,36)24-6-4-22(21-42)5-7-24/h8-11,17-19,22-24,42H,4-7,12-16,20-21H2,1-3H3. The number of rotatable bonds is 8. The number of pyridine rings is 1. The zero-order chi connectivity index (χ0) is 34.9. The van der Waals surface area contributed by atoms with Crippen molar-refractivity contribution in [2.75, 3.05) is 49.1 Å². The number of benzene rings is 1. The summed E-state index contributed by atoms with van der Waals surface area (Å²) in [5.74, 6) is -4.12. The Hall–Kier alpha value is -3.20. The monoisotopic (exact) mass is 709 g/mol. The summed E-state index contributed by atoms with van der Waals surface area (Å²) in [7, 11) is -3.88. The van der Waals surface area contributed by atoms with Gasteiger partial charge in [0, 0.05) is 75.1 Å². The predicted octanol–water partition coefficient (Wildman–Crippen LogP) is 5.50. The van der Waals surface area contributed by atoms with E-state index >= 15 is 8.78 Å². The van der Waals surface area contributed by atoms with Gasteiger partial charge in [0.05, 0.1) is 4.90 Å². The Kier molecular flexibility index (Phi) is 10.8. The number of amides is 2. The Morgan fingerprint density at radius 3 is 2.33 bits per heavy atom. The number of aliphatic hydroxyl groups is 1. The van der Waals surface area contributed by atoms with Gasteiger partial charge in [-0.25, -0.2) is 27.0 Å². The SMILES string of the molecule is CC(C)(C)OC(=O)N=CC1CC(=O)N(c2ccc(S(=O)(=O)N3CCN(c4cc(C(F)(F)C5CCC(CO)CC5)cc(Cl)n4)CC3)cc2)C1. The number of halogens is 3. The number of aromatic nitrogens is 1. The summed E-state index contributed by atoms with van der Waals surface area (Å²) >= 11 is 6.21. The van der Waals surface area contributed by atoms with Crippen molar-refractivity contribution in [1.82, 2.24) is 9.29 Å². The molecular weight excluding hydrogens is 668 g/mol. The van der Waals surface area contributed by atoms with E-state index in [9.17, 15) is 23.1 Å². The number of anilines is 2. The van der Waals surface area contributed by atoms with Gasteiger partial charge < -0.3 is 19.6 Å². The molecule has 0 bridgehead atoms. The third-order valence-electron chi connectivity index (χ3n) is 9.07. The zero-order valence-electron chi connectivity index (χ0n) is 27.3. The van der Waals surface area contributed by atoms with E-state index in [4.69, 9.17) is 16.3 Å². The molecule has 2 saturated heterocycles. The maximum absolute atomic E-state index is 15.6. The molecule has 2 amide bonds. The van der Waals surface area contributed by atoms with E-state index in [1.807, 2.05) is 0 Å². The topological polar surface area (TPSA) is 133 Å². The van der Waals surface area contributed by atoms with Crippen molar-refractivity contribution in [3.63, 3.8) is 0 Å². The number of alkyl halides is 2. The quantitative estimate of drug-likeness (QED) is 0.281. The minimum atomic E-state index is -3.88. The van der Waals surface area contributed by atoms with Crippen LogP contribution in [0.15, 0.2) is 46.3 Å². The van der Waals surface area contributed by atoms with E-state index < -0.39 is 33.6 Å². The normalized spacial score (nSPS) is 23.2. The molecule has 1 aromatic heterocycles. The van der Waals surface area contributed by atoms with E-state index in [1.165, 1.54) is 39.7 Å². The van der Waals surface area contributed by atoms with Crippen LogP contribution in [-0.4, -0.2) is 86.0 Å². The highest BCUT2D eigenvalue weighted by atomic mass is 35.5. The molecule has 48 heavy (non-hydrogen) atoms. The smallest absolute Gasteiger partial charge is 0.433 e. The van der Waals surface area contributed by atoms with Gasteiger partial charge in [-0.05, 0) is 88.8 Å². The third-order valence-corrected chi connectivity index (χ3v) is 11.2. The number of sulfonamides is 1. The highest BCUT2D eigenvalue weighted by Crippen LogP contribution is 2.46. The predicted molar refractivity (Wildman–Crippen MR) is 178 cm³/mol. The number of ether oxygens (including phenoxy) is 1. The van der Waals surface area contributed by atoms with Gasteiger partial charge in [0.2, 0.25) is 15.9 Å². The van der Waals surface area contributed by atoms with E-state index in [-0.39, 0.29) is 84.9 Å². The minimum Gasteiger partial charge on any atom is -0.442 e. The molecule has 3 fully saturated rings. The molecule has 0 radical (unpaired) electrons. The largest absolute Gasteiger partial charge is 0.442 e. The van der Waals surface area contributed by atoms with Crippen molar-refractivity contribution in [2.24, 2.45) is 22.7 Å². The maximum atomic E-state index is 15.6. The Labute approximate surface area is 285 Å². The fourth-order valence-corrected chi connectivity index (χ4v) is 8.05. The van der Waals surface area contributed by atoms with E-state index in [0.717, 1.165) is 0 Å². The van der Waals surface area contributed by atoms with Gasteiger partial charge in [0.25, 0.3) is 5.92 Å². The van der Waals surface area contributed by atoms with E-state index in [1.54, 1.807) is 37.8 Å². The fraction of sp³-hybridized carbons (Fsp3) is 0.576. The van der Waals surface area contributed by atoms with E-state index in [0.29, 0.717) is 31.4 Å². The molecule has 1 aliphatic carbocycles. The van der Waals surface area contributed by atoms with Crippen LogP contribution in [-0.2, 0) is 25.5 Å². The van der Waals surface area contributed by atoms with Crippen molar-refractivity contribution in [2.45, 2.75) is 69.3 Å². The first-order chi connectivity index (χ1) is 22.6. The van der Waals surface area contributed by atoms with Crippen molar-refractivity contribution in [3.05, 3.63) is 47.1 Å².